The molecule has 0 unspecified atom stereocenters. The second kappa shape index (κ2) is 5.12. The SMILES string of the molecule is N#CCc1cc(C(F)F)c(I)nc1C(F)(F)F. The number of rotatable bonds is 2. The summed E-state index contributed by atoms with van der Waals surface area (Å²) in [5, 5.41) is 8.37. The molecule has 0 saturated carbocycles. The van der Waals surface area contributed by atoms with Gasteiger partial charge in [0.15, 0.2) is 0 Å². The molecule has 0 atom stereocenters. The minimum atomic E-state index is -4.76. The minimum Gasteiger partial charge on any atom is -0.237 e. The predicted molar refractivity (Wildman–Crippen MR) is 56.2 cm³/mol. The summed E-state index contributed by atoms with van der Waals surface area (Å²) in [5.41, 5.74) is -2.41. The first kappa shape index (κ1) is 14.1. The number of alkyl halides is 5. The van der Waals surface area contributed by atoms with Gasteiger partial charge in [-0.05, 0) is 34.2 Å². The molecular formula is C9H4F5IN2. The van der Waals surface area contributed by atoms with E-state index < -0.39 is 39.5 Å². The van der Waals surface area contributed by atoms with Crippen molar-refractivity contribution in [2.45, 2.75) is 19.0 Å². The number of pyridine rings is 1. The van der Waals surface area contributed by atoms with E-state index in [9.17, 15) is 22.0 Å². The average molecular weight is 362 g/mol. The summed E-state index contributed by atoms with van der Waals surface area (Å²) in [6.45, 7) is 0. The lowest BCUT2D eigenvalue weighted by molar-refractivity contribution is -0.141. The van der Waals surface area contributed by atoms with Crippen LogP contribution in [0.1, 0.15) is 23.2 Å². The van der Waals surface area contributed by atoms with Crippen molar-refractivity contribution in [1.82, 2.24) is 4.98 Å². The van der Waals surface area contributed by atoms with Gasteiger partial charge in [0.1, 0.15) is 9.39 Å². The van der Waals surface area contributed by atoms with Crippen LogP contribution < -0.4 is 0 Å². The first-order valence-electron chi connectivity index (χ1n) is 4.19. The summed E-state index contributed by atoms with van der Waals surface area (Å²) in [7, 11) is 0. The van der Waals surface area contributed by atoms with Crippen molar-refractivity contribution in [2.24, 2.45) is 0 Å². The van der Waals surface area contributed by atoms with Crippen molar-refractivity contribution >= 4 is 22.6 Å². The zero-order chi connectivity index (χ0) is 13.2. The van der Waals surface area contributed by atoms with Crippen molar-refractivity contribution in [2.75, 3.05) is 0 Å². The standard InChI is InChI=1S/C9H4F5IN2/c10-7(11)5-3-4(1-2-16)6(9(12,13)14)17-8(5)15/h3,7H,1H2. The maximum atomic E-state index is 12.5. The molecule has 0 spiro atoms. The molecule has 0 amide bonds. The first-order chi connectivity index (χ1) is 7.77. The molecule has 17 heavy (non-hydrogen) atoms. The molecule has 8 heteroatoms. The zero-order valence-corrected chi connectivity index (χ0v) is 10.2. The molecule has 0 aliphatic rings. The molecule has 0 bridgehead atoms. The van der Waals surface area contributed by atoms with Crippen molar-refractivity contribution in [1.29, 1.82) is 5.26 Å². The minimum absolute atomic E-state index is 0.411. The van der Waals surface area contributed by atoms with Crippen LogP contribution >= 0.6 is 22.6 Å². The highest BCUT2D eigenvalue weighted by Gasteiger charge is 2.36. The van der Waals surface area contributed by atoms with E-state index in [-0.39, 0.29) is 0 Å². The van der Waals surface area contributed by atoms with Gasteiger partial charge in [-0.1, -0.05) is 0 Å². The lowest BCUT2D eigenvalue weighted by Gasteiger charge is -2.13. The second-order valence-electron chi connectivity index (χ2n) is 3.01. The maximum Gasteiger partial charge on any atom is 0.433 e. The Balaban J connectivity index is 3.42. The summed E-state index contributed by atoms with van der Waals surface area (Å²) in [6, 6.07) is 2.18. The van der Waals surface area contributed by atoms with E-state index in [1.807, 2.05) is 0 Å². The summed E-state index contributed by atoms with van der Waals surface area (Å²) in [4.78, 5) is 3.11. The van der Waals surface area contributed by atoms with Crippen LogP contribution in [0.4, 0.5) is 22.0 Å². The number of hydrogen-bond acceptors (Lipinski definition) is 2. The molecule has 1 aromatic rings. The van der Waals surface area contributed by atoms with Crippen molar-refractivity contribution in [3.63, 3.8) is 0 Å². The van der Waals surface area contributed by atoms with Crippen molar-refractivity contribution in [3.8, 4) is 6.07 Å². The van der Waals surface area contributed by atoms with Crippen LogP contribution in [-0.2, 0) is 12.6 Å². The summed E-state index contributed by atoms with van der Waals surface area (Å²) < 4.78 is 62.1. The predicted octanol–water partition coefficient (Wildman–Crippen LogP) is 3.71. The Hall–Kier alpha value is -0.980. The third-order valence-corrected chi connectivity index (χ3v) is 2.72. The van der Waals surface area contributed by atoms with Gasteiger partial charge < -0.3 is 0 Å². The molecule has 0 N–H and O–H groups in total. The van der Waals surface area contributed by atoms with E-state index in [0.29, 0.717) is 6.07 Å². The zero-order valence-electron chi connectivity index (χ0n) is 8.02. The molecular weight excluding hydrogens is 358 g/mol. The number of halogens is 6. The van der Waals surface area contributed by atoms with E-state index >= 15 is 0 Å². The molecule has 1 aromatic heterocycles. The van der Waals surface area contributed by atoms with E-state index in [1.54, 1.807) is 0 Å². The van der Waals surface area contributed by atoms with Crippen molar-refractivity contribution < 1.29 is 22.0 Å². The summed E-state index contributed by atoms with van der Waals surface area (Å²) in [6.07, 6.45) is -8.29. The fourth-order valence-electron chi connectivity index (χ4n) is 1.17. The quantitative estimate of drug-likeness (QED) is 0.457. The molecule has 0 radical (unpaired) electrons. The van der Waals surface area contributed by atoms with E-state index in [2.05, 4.69) is 4.98 Å². The topological polar surface area (TPSA) is 36.7 Å². The van der Waals surface area contributed by atoms with Crippen LogP contribution in [0.2, 0.25) is 0 Å². The van der Waals surface area contributed by atoms with Gasteiger partial charge in [-0.25, -0.2) is 13.8 Å². The second-order valence-corrected chi connectivity index (χ2v) is 4.03. The number of aromatic nitrogens is 1. The van der Waals surface area contributed by atoms with Gasteiger partial charge in [0.05, 0.1) is 12.5 Å². The number of nitrogens with zero attached hydrogens (tertiary/aromatic N) is 2. The van der Waals surface area contributed by atoms with Gasteiger partial charge in [-0.2, -0.15) is 18.4 Å². The molecule has 92 valence electrons. The smallest absolute Gasteiger partial charge is 0.237 e. The molecule has 2 nitrogen and oxygen atoms in total. The summed E-state index contributed by atoms with van der Waals surface area (Å²) >= 11 is 1.31. The Kier molecular flexibility index (Phi) is 4.24. The van der Waals surface area contributed by atoms with Gasteiger partial charge in [0, 0.05) is 5.56 Å². The fourth-order valence-corrected chi connectivity index (χ4v) is 1.80. The third-order valence-electron chi connectivity index (χ3n) is 1.86. The maximum absolute atomic E-state index is 12.5. The number of hydrogen-bond donors (Lipinski definition) is 0. The van der Waals surface area contributed by atoms with Crippen LogP contribution in [0.25, 0.3) is 0 Å². The molecule has 1 rings (SSSR count). The first-order valence-corrected chi connectivity index (χ1v) is 5.27. The lowest BCUT2D eigenvalue weighted by atomic mass is 10.1. The van der Waals surface area contributed by atoms with Gasteiger partial charge in [0.2, 0.25) is 0 Å². The van der Waals surface area contributed by atoms with E-state index in [1.165, 1.54) is 28.7 Å². The Bertz CT molecular complexity index is 464. The normalized spacial score (nSPS) is 11.6. The molecule has 0 aliphatic heterocycles. The molecule has 1 heterocycles. The molecule has 0 saturated heterocycles. The van der Waals surface area contributed by atoms with E-state index in [0.717, 1.165) is 0 Å². The Morgan fingerprint density at radius 1 is 1.41 bits per heavy atom. The molecule has 0 aromatic carbocycles. The highest BCUT2D eigenvalue weighted by atomic mass is 127. The van der Waals surface area contributed by atoms with Crippen LogP contribution in [0.5, 0.6) is 0 Å². The highest BCUT2D eigenvalue weighted by molar-refractivity contribution is 14.1. The van der Waals surface area contributed by atoms with E-state index in [4.69, 9.17) is 5.26 Å². The van der Waals surface area contributed by atoms with Crippen LogP contribution in [-0.4, -0.2) is 4.98 Å². The van der Waals surface area contributed by atoms with Crippen LogP contribution in [0.15, 0.2) is 6.07 Å². The van der Waals surface area contributed by atoms with Gasteiger partial charge in [0.25, 0.3) is 6.43 Å². The van der Waals surface area contributed by atoms with Crippen molar-refractivity contribution in [3.05, 3.63) is 26.6 Å². The van der Waals surface area contributed by atoms with Crippen LogP contribution in [0, 0.1) is 15.0 Å². The third kappa shape index (κ3) is 3.24. The Morgan fingerprint density at radius 3 is 2.41 bits per heavy atom. The summed E-state index contributed by atoms with van der Waals surface area (Å²) in [5.74, 6) is 0. The Labute approximate surface area is 107 Å². The largest absolute Gasteiger partial charge is 0.433 e. The van der Waals surface area contributed by atoms with Gasteiger partial charge in [-0.3, -0.25) is 0 Å². The monoisotopic (exact) mass is 362 g/mol. The lowest BCUT2D eigenvalue weighted by Crippen LogP contribution is -2.14. The van der Waals surface area contributed by atoms with Gasteiger partial charge >= 0.3 is 6.18 Å². The fraction of sp³-hybridized carbons (Fsp3) is 0.333. The molecule has 0 aliphatic carbocycles. The van der Waals surface area contributed by atoms with Crippen LogP contribution in [0.3, 0.4) is 0 Å². The average Bonchev–Trinajstić information content (AvgIpc) is 2.18. The molecule has 0 fully saturated rings. The Morgan fingerprint density at radius 2 is 2.00 bits per heavy atom. The number of nitriles is 1. The highest BCUT2D eigenvalue weighted by Crippen LogP contribution is 2.34. The van der Waals surface area contributed by atoms with Gasteiger partial charge in [-0.15, -0.1) is 0 Å².